The largest absolute Gasteiger partial charge is 0.330 e. The van der Waals surface area contributed by atoms with Gasteiger partial charge in [0, 0.05) is 12.6 Å². The molecule has 1 atom stereocenters. The molecule has 0 fully saturated rings. The lowest BCUT2D eigenvalue weighted by molar-refractivity contribution is -0.116. The van der Waals surface area contributed by atoms with Crippen LogP contribution in [0.1, 0.15) is 26.2 Å². The van der Waals surface area contributed by atoms with E-state index in [1.165, 1.54) is 0 Å². The number of hydrogen-bond donors (Lipinski definition) is 2. The SMILES string of the molecule is CC(CCN)CCC(=O)Nc1cccnc1Cl. The summed E-state index contributed by atoms with van der Waals surface area (Å²) in [5.41, 5.74) is 6.01. The lowest BCUT2D eigenvalue weighted by Crippen LogP contribution is -2.14. The van der Waals surface area contributed by atoms with E-state index in [1.54, 1.807) is 18.3 Å². The number of nitrogens with one attached hydrogen (secondary N) is 1. The quantitative estimate of drug-likeness (QED) is 0.767. The van der Waals surface area contributed by atoms with Crippen LogP contribution in [0, 0.1) is 5.92 Å². The molecule has 1 rings (SSSR count). The Hall–Kier alpha value is -1.13. The highest BCUT2D eigenvalue weighted by molar-refractivity contribution is 6.32. The van der Waals surface area contributed by atoms with E-state index in [0.29, 0.717) is 29.7 Å². The van der Waals surface area contributed by atoms with Gasteiger partial charge in [-0.05, 0) is 37.4 Å². The molecular weight excluding hydrogens is 238 g/mol. The summed E-state index contributed by atoms with van der Waals surface area (Å²) < 4.78 is 0. The number of anilines is 1. The molecule has 0 aliphatic carbocycles. The van der Waals surface area contributed by atoms with Gasteiger partial charge >= 0.3 is 0 Å². The summed E-state index contributed by atoms with van der Waals surface area (Å²) in [7, 11) is 0. The minimum atomic E-state index is -0.0382. The molecule has 0 radical (unpaired) electrons. The number of nitrogens with two attached hydrogens (primary N) is 1. The highest BCUT2D eigenvalue weighted by Gasteiger charge is 2.08. The zero-order valence-corrected chi connectivity index (χ0v) is 10.7. The Balaban J connectivity index is 2.37. The zero-order valence-electron chi connectivity index (χ0n) is 9.95. The molecular formula is C12H18ClN3O. The van der Waals surface area contributed by atoms with E-state index >= 15 is 0 Å². The third-order valence-electron chi connectivity index (χ3n) is 2.56. The van der Waals surface area contributed by atoms with Crippen molar-refractivity contribution in [3.63, 3.8) is 0 Å². The molecule has 1 heterocycles. The van der Waals surface area contributed by atoms with Gasteiger partial charge < -0.3 is 11.1 Å². The number of pyridine rings is 1. The van der Waals surface area contributed by atoms with Crippen molar-refractivity contribution in [2.75, 3.05) is 11.9 Å². The molecule has 1 unspecified atom stereocenters. The minimum Gasteiger partial charge on any atom is -0.330 e. The van der Waals surface area contributed by atoms with Gasteiger partial charge in [-0.1, -0.05) is 18.5 Å². The number of hydrogen-bond acceptors (Lipinski definition) is 3. The highest BCUT2D eigenvalue weighted by atomic mass is 35.5. The fourth-order valence-corrected chi connectivity index (χ4v) is 1.66. The highest BCUT2D eigenvalue weighted by Crippen LogP contribution is 2.18. The molecule has 94 valence electrons. The van der Waals surface area contributed by atoms with E-state index in [9.17, 15) is 4.79 Å². The summed E-state index contributed by atoms with van der Waals surface area (Å²) in [4.78, 5) is 15.5. The number of halogens is 1. The Morgan fingerprint density at radius 1 is 1.59 bits per heavy atom. The summed E-state index contributed by atoms with van der Waals surface area (Å²) in [6, 6.07) is 3.47. The monoisotopic (exact) mass is 255 g/mol. The van der Waals surface area contributed by atoms with Crippen molar-refractivity contribution in [1.82, 2.24) is 4.98 Å². The number of amides is 1. The molecule has 17 heavy (non-hydrogen) atoms. The van der Waals surface area contributed by atoms with Crippen molar-refractivity contribution in [3.8, 4) is 0 Å². The Bertz CT molecular complexity index is 371. The Morgan fingerprint density at radius 3 is 3.00 bits per heavy atom. The molecule has 4 nitrogen and oxygen atoms in total. The van der Waals surface area contributed by atoms with Gasteiger partial charge in [0.1, 0.15) is 0 Å². The molecule has 0 aromatic carbocycles. The first kappa shape index (κ1) is 13.9. The standard InChI is InChI=1S/C12H18ClN3O/c1-9(6-7-14)4-5-11(17)16-10-3-2-8-15-12(10)13/h2-3,8-9H,4-7,14H2,1H3,(H,16,17). The van der Waals surface area contributed by atoms with Gasteiger partial charge in [0.2, 0.25) is 5.91 Å². The number of nitrogens with zero attached hydrogens (tertiary/aromatic N) is 1. The van der Waals surface area contributed by atoms with E-state index in [1.807, 2.05) is 0 Å². The van der Waals surface area contributed by atoms with Crippen LogP contribution >= 0.6 is 11.6 Å². The summed E-state index contributed by atoms with van der Waals surface area (Å²) in [5.74, 6) is 0.430. The van der Waals surface area contributed by atoms with Gasteiger partial charge in [-0.3, -0.25) is 4.79 Å². The summed E-state index contributed by atoms with van der Waals surface area (Å²) >= 11 is 5.84. The Labute approximate surface area is 107 Å². The first-order valence-electron chi connectivity index (χ1n) is 5.74. The summed E-state index contributed by atoms with van der Waals surface area (Å²) in [6.45, 7) is 2.76. The molecule has 0 saturated heterocycles. The maximum absolute atomic E-state index is 11.6. The molecule has 1 amide bonds. The number of carbonyl (C=O) groups is 1. The topological polar surface area (TPSA) is 68.0 Å². The average Bonchev–Trinajstić information content (AvgIpc) is 2.30. The van der Waals surface area contributed by atoms with Crippen molar-refractivity contribution in [1.29, 1.82) is 0 Å². The van der Waals surface area contributed by atoms with Crippen LogP contribution in [0.25, 0.3) is 0 Å². The smallest absolute Gasteiger partial charge is 0.224 e. The van der Waals surface area contributed by atoms with Crippen LogP contribution in [0.5, 0.6) is 0 Å². The number of rotatable bonds is 6. The van der Waals surface area contributed by atoms with Crippen molar-refractivity contribution in [2.45, 2.75) is 26.2 Å². The van der Waals surface area contributed by atoms with Gasteiger partial charge in [0.25, 0.3) is 0 Å². The van der Waals surface area contributed by atoms with Crippen LogP contribution in [0.15, 0.2) is 18.3 Å². The van der Waals surface area contributed by atoms with E-state index in [4.69, 9.17) is 17.3 Å². The predicted octanol–water partition coefficient (Wildman–Crippen LogP) is 2.44. The Kier molecular flexibility index (Phi) is 5.94. The zero-order chi connectivity index (χ0) is 12.7. The van der Waals surface area contributed by atoms with Gasteiger partial charge in [-0.2, -0.15) is 0 Å². The lowest BCUT2D eigenvalue weighted by atomic mass is 10.0. The van der Waals surface area contributed by atoms with Crippen LogP contribution in [0.3, 0.4) is 0 Å². The molecule has 1 aromatic heterocycles. The summed E-state index contributed by atoms with van der Waals surface area (Å²) in [5, 5.41) is 3.06. The van der Waals surface area contributed by atoms with Crippen molar-refractivity contribution in [3.05, 3.63) is 23.5 Å². The predicted molar refractivity (Wildman–Crippen MR) is 69.9 cm³/mol. The maximum atomic E-state index is 11.6. The fourth-order valence-electron chi connectivity index (χ4n) is 1.50. The first-order chi connectivity index (χ1) is 8.13. The molecule has 0 bridgehead atoms. The van der Waals surface area contributed by atoms with E-state index < -0.39 is 0 Å². The van der Waals surface area contributed by atoms with Crippen LogP contribution < -0.4 is 11.1 Å². The van der Waals surface area contributed by atoms with Crippen molar-refractivity contribution >= 4 is 23.2 Å². The molecule has 0 aliphatic heterocycles. The second kappa shape index (κ2) is 7.25. The van der Waals surface area contributed by atoms with Crippen LogP contribution in [0.4, 0.5) is 5.69 Å². The molecule has 3 N–H and O–H groups in total. The van der Waals surface area contributed by atoms with Gasteiger partial charge in [0.05, 0.1) is 5.69 Å². The maximum Gasteiger partial charge on any atom is 0.224 e. The average molecular weight is 256 g/mol. The van der Waals surface area contributed by atoms with Crippen molar-refractivity contribution < 1.29 is 4.79 Å². The summed E-state index contributed by atoms with van der Waals surface area (Å²) in [6.07, 6.45) is 3.84. The van der Waals surface area contributed by atoms with E-state index in [2.05, 4.69) is 17.2 Å². The van der Waals surface area contributed by atoms with Gasteiger partial charge in [0.15, 0.2) is 5.15 Å². The molecule has 5 heteroatoms. The van der Waals surface area contributed by atoms with E-state index in [-0.39, 0.29) is 5.91 Å². The van der Waals surface area contributed by atoms with E-state index in [0.717, 1.165) is 12.8 Å². The molecule has 0 spiro atoms. The third-order valence-corrected chi connectivity index (χ3v) is 2.86. The van der Waals surface area contributed by atoms with Gasteiger partial charge in [-0.25, -0.2) is 4.98 Å². The minimum absolute atomic E-state index is 0.0382. The normalized spacial score (nSPS) is 12.2. The second-order valence-electron chi connectivity index (χ2n) is 4.11. The van der Waals surface area contributed by atoms with Crippen LogP contribution in [0.2, 0.25) is 5.15 Å². The molecule has 0 saturated carbocycles. The first-order valence-corrected chi connectivity index (χ1v) is 6.11. The van der Waals surface area contributed by atoms with Crippen molar-refractivity contribution in [2.24, 2.45) is 11.7 Å². The van der Waals surface area contributed by atoms with Crippen LogP contribution in [-0.4, -0.2) is 17.4 Å². The molecule has 1 aromatic rings. The Morgan fingerprint density at radius 2 is 2.35 bits per heavy atom. The van der Waals surface area contributed by atoms with Crippen LogP contribution in [-0.2, 0) is 4.79 Å². The third kappa shape index (κ3) is 5.15. The van der Waals surface area contributed by atoms with Gasteiger partial charge in [-0.15, -0.1) is 0 Å². The fraction of sp³-hybridized carbons (Fsp3) is 0.500. The lowest BCUT2D eigenvalue weighted by Gasteiger charge is -2.10. The molecule has 0 aliphatic rings. The number of carbonyl (C=O) groups excluding carboxylic acids is 1. The number of aromatic nitrogens is 1. The second-order valence-corrected chi connectivity index (χ2v) is 4.47.